The van der Waals surface area contributed by atoms with E-state index in [-0.39, 0.29) is 12.7 Å². The molecule has 0 saturated carbocycles. The van der Waals surface area contributed by atoms with Crippen molar-refractivity contribution < 1.29 is 9.13 Å². The molecule has 0 aromatic carbocycles. The third-order valence-electron chi connectivity index (χ3n) is 0.836. The summed E-state index contributed by atoms with van der Waals surface area (Å²) in [6, 6.07) is 0. The van der Waals surface area contributed by atoms with Crippen LogP contribution in [0.15, 0.2) is 12.2 Å². The van der Waals surface area contributed by atoms with Crippen LogP contribution in [0.25, 0.3) is 0 Å². The minimum atomic E-state index is -0.387. The highest BCUT2D eigenvalue weighted by Gasteiger charge is 2.10. The Morgan fingerprint density at radius 3 is 2.88 bits per heavy atom. The van der Waals surface area contributed by atoms with E-state index in [1.165, 1.54) is 18.4 Å². The molecular weight excluding hydrogens is 109 g/mol. The van der Waals surface area contributed by atoms with Crippen molar-refractivity contribution in [3.05, 3.63) is 23.5 Å². The predicted molar refractivity (Wildman–Crippen MR) is 28.0 cm³/mol. The number of nitrogens with zero attached hydrogens (tertiary/aromatic N) is 1. The molecule has 2 nitrogen and oxygen atoms in total. The maximum Gasteiger partial charge on any atom is 0.232 e. The van der Waals surface area contributed by atoms with Gasteiger partial charge in [0.25, 0.3) is 0 Å². The molecule has 0 aliphatic carbocycles. The second-order valence-electron chi connectivity index (χ2n) is 1.53. The van der Waals surface area contributed by atoms with Crippen LogP contribution in [0.1, 0.15) is 0 Å². The van der Waals surface area contributed by atoms with Gasteiger partial charge in [0, 0.05) is 6.08 Å². The topological polar surface area (TPSA) is 26.1 Å². The highest BCUT2D eigenvalue weighted by atomic mass is 19.1. The van der Waals surface area contributed by atoms with Gasteiger partial charge < -0.3 is 5.21 Å². The van der Waals surface area contributed by atoms with Gasteiger partial charge in [-0.05, 0) is 6.08 Å². The summed E-state index contributed by atoms with van der Waals surface area (Å²) in [4.78, 5) is 0. The third kappa shape index (κ3) is 1.05. The summed E-state index contributed by atoms with van der Waals surface area (Å²) < 4.78 is 12.5. The van der Waals surface area contributed by atoms with Gasteiger partial charge in [0.15, 0.2) is 12.8 Å². The Balaban J connectivity index is 2.59. The van der Waals surface area contributed by atoms with Gasteiger partial charge in [-0.2, -0.15) is 0 Å². The number of halogens is 1. The number of allylic oxidation sites excluding steroid dienone is 1. The molecule has 0 spiro atoms. The van der Waals surface area contributed by atoms with Crippen molar-refractivity contribution in [2.45, 2.75) is 0 Å². The van der Waals surface area contributed by atoms with Gasteiger partial charge in [0.1, 0.15) is 0 Å². The van der Waals surface area contributed by atoms with Crippen LogP contribution in [-0.2, 0) is 0 Å². The molecule has 0 aromatic rings. The fraction of sp³-hybridized carbons (Fsp3) is 0.200. The maximum atomic E-state index is 12.0. The van der Waals surface area contributed by atoms with E-state index >= 15 is 0 Å². The van der Waals surface area contributed by atoms with Crippen molar-refractivity contribution in [2.75, 3.05) is 6.54 Å². The maximum absolute atomic E-state index is 12.0. The van der Waals surface area contributed by atoms with Crippen LogP contribution in [0, 0.1) is 11.4 Å². The lowest BCUT2D eigenvalue weighted by molar-refractivity contribution is -0.450. The molecule has 1 heterocycles. The highest BCUT2D eigenvalue weighted by molar-refractivity contribution is 5.67. The molecule has 0 unspecified atom stereocenters. The van der Waals surface area contributed by atoms with Gasteiger partial charge in [-0.25, -0.2) is 9.13 Å². The Kier molecular flexibility index (Phi) is 1.28. The van der Waals surface area contributed by atoms with Crippen molar-refractivity contribution >= 4 is 6.21 Å². The molecule has 1 aliphatic rings. The molecule has 0 amide bonds. The predicted octanol–water partition coefficient (Wildman–Crippen LogP) is 0.639. The third-order valence-corrected chi connectivity index (χ3v) is 0.836. The normalized spacial score (nSPS) is 20.9. The van der Waals surface area contributed by atoms with Gasteiger partial charge in [-0.3, -0.25) is 0 Å². The molecule has 3 heteroatoms. The fourth-order valence-electron chi connectivity index (χ4n) is 0.498. The Morgan fingerprint density at radius 1 is 1.75 bits per heavy atom. The van der Waals surface area contributed by atoms with E-state index in [0.717, 1.165) is 0 Å². The lowest BCUT2D eigenvalue weighted by Crippen LogP contribution is -2.13. The first kappa shape index (κ1) is 5.28. The molecule has 1 radical (unpaired) electrons. The van der Waals surface area contributed by atoms with Crippen LogP contribution >= 0.6 is 0 Å². The van der Waals surface area contributed by atoms with Crippen molar-refractivity contribution in [3.8, 4) is 0 Å². The molecule has 1 rings (SSSR count). The first-order valence-electron chi connectivity index (χ1n) is 2.25. The summed E-state index contributed by atoms with van der Waals surface area (Å²) >= 11 is 0. The molecule has 43 valence electrons. The molecule has 8 heavy (non-hydrogen) atoms. The second kappa shape index (κ2) is 1.94. The zero-order valence-electron chi connectivity index (χ0n) is 4.17. The largest absolute Gasteiger partial charge is 0.624 e. The average molecular weight is 114 g/mol. The molecular formula is C5H5FNO. The first-order valence-corrected chi connectivity index (χ1v) is 2.25. The minimum Gasteiger partial charge on any atom is -0.624 e. The molecule has 0 saturated heterocycles. The molecule has 0 fully saturated rings. The SMILES string of the molecule is [O-][N+]1=CC=C[C](F)C1. The molecule has 0 bridgehead atoms. The van der Waals surface area contributed by atoms with Gasteiger partial charge >= 0.3 is 0 Å². The summed E-state index contributed by atoms with van der Waals surface area (Å²) in [5.41, 5.74) is 0. The molecule has 0 aromatic heterocycles. The molecule has 0 N–H and O–H groups in total. The first-order chi connectivity index (χ1) is 3.79. The summed E-state index contributed by atoms with van der Waals surface area (Å²) in [6.07, 6.45) is 3.55. The monoisotopic (exact) mass is 114 g/mol. The van der Waals surface area contributed by atoms with E-state index in [0.29, 0.717) is 4.74 Å². The summed E-state index contributed by atoms with van der Waals surface area (Å²) in [6.45, 7) is -0.142. The Hall–Kier alpha value is -0.860. The van der Waals surface area contributed by atoms with Crippen molar-refractivity contribution in [1.29, 1.82) is 0 Å². The van der Waals surface area contributed by atoms with Gasteiger partial charge in [-0.15, -0.1) is 0 Å². The lowest BCUT2D eigenvalue weighted by atomic mass is 10.3. The highest BCUT2D eigenvalue weighted by Crippen LogP contribution is 2.05. The summed E-state index contributed by atoms with van der Waals surface area (Å²) in [7, 11) is 0. The zero-order valence-corrected chi connectivity index (χ0v) is 4.17. The Labute approximate surface area is 46.5 Å². The van der Waals surface area contributed by atoms with Crippen LogP contribution in [0.5, 0.6) is 0 Å². The van der Waals surface area contributed by atoms with Gasteiger partial charge in [0.05, 0.1) is 0 Å². The number of hydrogen-bond donors (Lipinski definition) is 0. The lowest BCUT2D eigenvalue weighted by Gasteiger charge is -2.05. The smallest absolute Gasteiger partial charge is 0.232 e. The Morgan fingerprint density at radius 2 is 2.50 bits per heavy atom. The number of rotatable bonds is 0. The van der Waals surface area contributed by atoms with Crippen molar-refractivity contribution in [2.24, 2.45) is 0 Å². The fourth-order valence-corrected chi connectivity index (χ4v) is 0.498. The zero-order chi connectivity index (χ0) is 5.98. The Bertz CT molecular complexity index is 141. The van der Waals surface area contributed by atoms with E-state index in [4.69, 9.17) is 0 Å². The van der Waals surface area contributed by atoms with Crippen LogP contribution in [0.4, 0.5) is 4.39 Å². The van der Waals surface area contributed by atoms with E-state index in [1.54, 1.807) is 0 Å². The minimum absolute atomic E-state index is 0.142. The van der Waals surface area contributed by atoms with Crippen LogP contribution in [-0.4, -0.2) is 17.5 Å². The number of hydroxylamine groups is 1. The van der Waals surface area contributed by atoms with E-state index in [9.17, 15) is 9.60 Å². The molecule has 1 aliphatic heterocycles. The van der Waals surface area contributed by atoms with E-state index in [1.807, 2.05) is 0 Å². The summed E-state index contributed by atoms with van der Waals surface area (Å²) in [5, 5.41) is 10.2. The quantitative estimate of drug-likeness (QED) is 0.335. The van der Waals surface area contributed by atoms with Crippen molar-refractivity contribution in [3.63, 3.8) is 0 Å². The second-order valence-corrected chi connectivity index (χ2v) is 1.53. The van der Waals surface area contributed by atoms with E-state index < -0.39 is 0 Å². The molecule has 0 atom stereocenters. The van der Waals surface area contributed by atoms with Crippen LogP contribution < -0.4 is 0 Å². The van der Waals surface area contributed by atoms with Crippen LogP contribution in [0.2, 0.25) is 0 Å². The standard InChI is InChI=1S/C5H5FNO/c6-5-2-1-3-7(8)4-5/h1-3H,4H2. The van der Waals surface area contributed by atoms with Gasteiger partial charge in [0.2, 0.25) is 6.17 Å². The number of hydrogen-bond acceptors (Lipinski definition) is 1. The van der Waals surface area contributed by atoms with Crippen molar-refractivity contribution in [1.82, 2.24) is 0 Å². The average Bonchev–Trinajstić information content (AvgIpc) is 1.64. The van der Waals surface area contributed by atoms with E-state index in [2.05, 4.69) is 0 Å². The van der Waals surface area contributed by atoms with Crippen LogP contribution in [0.3, 0.4) is 0 Å². The summed E-state index contributed by atoms with van der Waals surface area (Å²) in [5.74, 6) is 0. The van der Waals surface area contributed by atoms with Gasteiger partial charge in [-0.1, -0.05) is 0 Å².